The first-order valence-corrected chi connectivity index (χ1v) is 6.87. The number of benzene rings is 1. The van der Waals surface area contributed by atoms with E-state index in [-0.39, 0.29) is 17.4 Å². The van der Waals surface area contributed by atoms with Crippen LogP contribution in [-0.2, 0) is 4.79 Å². The van der Waals surface area contributed by atoms with Crippen LogP contribution in [0, 0.1) is 0 Å². The van der Waals surface area contributed by atoms with E-state index in [9.17, 15) is 9.59 Å². The van der Waals surface area contributed by atoms with E-state index < -0.39 is 5.97 Å². The van der Waals surface area contributed by atoms with Gasteiger partial charge in [0.15, 0.2) is 6.61 Å². The van der Waals surface area contributed by atoms with E-state index in [0.29, 0.717) is 16.4 Å². The molecule has 0 radical (unpaired) electrons. The molecule has 1 aromatic carbocycles. The molecule has 0 aliphatic carbocycles. The van der Waals surface area contributed by atoms with Gasteiger partial charge in [-0.1, -0.05) is 12.1 Å². The van der Waals surface area contributed by atoms with Crippen LogP contribution in [0.1, 0.15) is 20.2 Å². The molecule has 0 saturated heterocycles. The molecule has 0 fully saturated rings. The molecular weight excluding hydrogens is 292 g/mol. The number of anilines is 1. The molecule has 3 rings (SSSR count). The first-order chi connectivity index (χ1) is 10.1. The number of carboxylic acid groups (broad SMARTS) is 1. The molecule has 21 heavy (non-hydrogen) atoms. The average molecular weight is 302 g/mol. The Bertz CT molecular complexity index is 751. The lowest BCUT2D eigenvalue weighted by molar-refractivity contribution is -0.118. The zero-order valence-corrected chi connectivity index (χ0v) is 11.5. The van der Waals surface area contributed by atoms with Crippen LogP contribution in [0.3, 0.4) is 0 Å². The van der Waals surface area contributed by atoms with Gasteiger partial charge in [-0.05, 0) is 23.8 Å². The fourth-order valence-electron chi connectivity index (χ4n) is 1.84. The highest BCUT2D eigenvalue weighted by molar-refractivity contribution is 7.14. The van der Waals surface area contributed by atoms with Gasteiger partial charge >= 0.3 is 5.97 Å². The van der Waals surface area contributed by atoms with Crippen LogP contribution in [-0.4, -0.2) is 28.6 Å². The Morgan fingerprint density at radius 2 is 2.29 bits per heavy atom. The highest BCUT2D eigenvalue weighted by atomic mass is 32.1. The second kappa shape index (κ2) is 5.37. The Morgan fingerprint density at radius 3 is 3.05 bits per heavy atom. The van der Waals surface area contributed by atoms with Crippen LogP contribution in [0.15, 0.2) is 24.4 Å². The minimum Gasteiger partial charge on any atom is -0.482 e. The van der Waals surface area contributed by atoms with Gasteiger partial charge in [0.05, 0.1) is 11.9 Å². The van der Waals surface area contributed by atoms with Crippen LogP contribution >= 0.6 is 11.3 Å². The highest BCUT2D eigenvalue weighted by Gasteiger charge is 2.15. The van der Waals surface area contributed by atoms with Crippen molar-refractivity contribution >= 4 is 41.1 Å². The van der Waals surface area contributed by atoms with Crippen molar-refractivity contribution in [3.05, 3.63) is 39.8 Å². The number of carbonyl (C=O) groups is 2. The van der Waals surface area contributed by atoms with Crippen LogP contribution in [0.2, 0.25) is 0 Å². The summed E-state index contributed by atoms with van der Waals surface area (Å²) in [6, 6.07) is 5.41. The lowest BCUT2D eigenvalue weighted by atomic mass is 10.1. The molecule has 2 heterocycles. The first-order valence-electron chi connectivity index (χ1n) is 6.06. The fraction of sp³-hybridized carbons (Fsp3) is 0.0714. The Balaban J connectivity index is 1.81. The number of hydrogen-bond acceptors (Lipinski definition) is 5. The average Bonchev–Trinajstić information content (AvgIpc) is 2.93. The predicted octanol–water partition coefficient (Wildman–Crippen LogP) is 2.34. The van der Waals surface area contributed by atoms with E-state index in [0.717, 1.165) is 16.9 Å². The van der Waals surface area contributed by atoms with E-state index in [4.69, 9.17) is 9.84 Å². The molecule has 1 amide bonds. The van der Waals surface area contributed by atoms with Crippen LogP contribution in [0.4, 0.5) is 5.69 Å². The van der Waals surface area contributed by atoms with Crippen LogP contribution < -0.4 is 10.1 Å². The molecule has 0 saturated carbocycles. The van der Waals surface area contributed by atoms with Crippen molar-refractivity contribution in [3.8, 4) is 5.75 Å². The number of fused-ring (bicyclic) bond motifs is 1. The van der Waals surface area contributed by atoms with Crippen molar-refractivity contribution in [2.75, 3.05) is 11.9 Å². The largest absolute Gasteiger partial charge is 0.482 e. The lowest BCUT2D eigenvalue weighted by Gasteiger charge is -2.17. The van der Waals surface area contributed by atoms with Crippen molar-refractivity contribution in [2.24, 2.45) is 0 Å². The SMILES string of the molecule is O=C1COc2ccc(/C=C/c3ncc(C(=O)O)s3)cc2N1. The molecule has 0 bridgehead atoms. The third-order valence-corrected chi connectivity index (χ3v) is 3.74. The summed E-state index contributed by atoms with van der Waals surface area (Å²) in [5.74, 6) is -0.537. The van der Waals surface area contributed by atoms with E-state index in [1.54, 1.807) is 24.3 Å². The van der Waals surface area contributed by atoms with Gasteiger partial charge < -0.3 is 15.2 Å². The molecular formula is C14H10N2O4S. The second-order valence-corrected chi connectivity index (χ2v) is 5.36. The van der Waals surface area contributed by atoms with Gasteiger partial charge in [0.2, 0.25) is 0 Å². The number of carbonyl (C=O) groups excluding carboxylic acids is 1. The normalized spacial score (nSPS) is 13.6. The van der Waals surface area contributed by atoms with E-state index in [1.165, 1.54) is 6.20 Å². The maximum Gasteiger partial charge on any atom is 0.347 e. The number of amides is 1. The summed E-state index contributed by atoms with van der Waals surface area (Å²) in [6.07, 6.45) is 4.85. The number of ether oxygens (including phenoxy) is 1. The summed E-state index contributed by atoms with van der Waals surface area (Å²) in [4.78, 5) is 26.2. The predicted molar refractivity (Wildman–Crippen MR) is 78.6 cm³/mol. The molecule has 6 nitrogen and oxygen atoms in total. The van der Waals surface area contributed by atoms with Crippen molar-refractivity contribution in [1.29, 1.82) is 0 Å². The summed E-state index contributed by atoms with van der Waals surface area (Å²) in [5, 5.41) is 12.2. The number of aromatic nitrogens is 1. The summed E-state index contributed by atoms with van der Waals surface area (Å²) in [7, 11) is 0. The molecule has 1 aromatic heterocycles. The first kappa shape index (κ1) is 13.3. The topological polar surface area (TPSA) is 88.5 Å². The molecule has 7 heteroatoms. The van der Waals surface area contributed by atoms with E-state index >= 15 is 0 Å². The Hall–Kier alpha value is -2.67. The molecule has 1 aliphatic rings. The molecule has 2 aromatic rings. The molecule has 2 N–H and O–H groups in total. The number of aromatic carboxylic acids is 1. The monoisotopic (exact) mass is 302 g/mol. The third kappa shape index (κ3) is 2.92. The molecule has 0 unspecified atom stereocenters. The van der Waals surface area contributed by atoms with Gasteiger partial charge in [-0.2, -0.15) is 0 Å². The number of nitrogens with one attached hydrogen (secondary N) is 1. The van der Waals surface area contributed by atoms with Gasteiger partial charge in [-0.3, -0.25) is 4.79 Å². The van der Waals surface area contributed by atoms with Crippen molar-refractivity contribution in [1.82, 2.24) is 4.98 Å². The van der Waals surface area contributed by atoms with Gasteiger partial charge in [-0.25, -0.2) is 9.78 Å². The van der Waals surface area contributed by atoms with Gasteiger partial charge in [0.1, 0.15) is 15.6 Å². The minimum atomic E-state index is -0.985. The summed E-state index contributed by atoms with van der Waals surface area (Å²) >= 11 is 1.10. The number of thiazole rings is 1. The summed E-state index contributed by atoms with van der Waals surface area (Å²) < 4.78 is 5.27. The molecule has 106 valence electrons. The number of hydrogen-bond donors (Lipinski definition) is 2. The smallest absolute Gasteiger partial charge is 0.347 e. The van der Waals surface area contributed by atoms with Crippen LogP contribution in [0.5, 0.6) is 5.75 Å². The standard InChI is InChI=1S/C14H10N2O4S/c17-12-7-20-10-3-1-8(5-9(10)16-12)2-4-13-15-6-11(21-13)14(18)19/h1-6H,7H2,(H,16,17)(H,18,19)/b4-2+. The molecule has 0 spiro atoms. The quantitative estimate of drug-likeness (QED) is 0.908. The molecule has 1 aliphatic heterocycles. The Morgan fingerprint density at radius 1 is 1.43 bits per heavy atom. The summed E-state index contributed by atoms with van der Waals surface area (Å²) in [6.45, 7) is 0.0271. The molecule has 0 atom stereocenters. The third-order valence-electron chi connectivity index (χ3n) is 2.79. The van der Waals surface area contributed by atoms with Gasteiger partial charge in [0.25, 0.3) is 5.91 Å². The zero-order valence-electron chi connectivity index (χ0n) is 10.7. The minimum absolute atomic E-state index is 0.0271. The van der Waals surface area contributed by atoms with Crippen LogP contribution in [0.25, 0.3) is 12.2 Å². The second-order valence-electron chi connectivity index (χ2n) is 4.29. The van der Waals surface area contributed by atoms with Gasteiger partial charge in [0, 0.05) is 0 Å². The van der Waals surface area contributed by atoms with Crippen molar-refractivity contribution < 1.29 is 19.4 Å². The number of nitrogens with zero attached hydrogens (tertiary/aromatic N) is 1. The number of rotatable bonds is 3. The Kier molecular flexibility index (Phi) is 3.41. The van der Waals surface area contributed by atoms with E-state index in [2.05, 4.69) is 10.3 Å². The fourth-order valence-corrected chi connectivity index (χ4v) is 2.49. The van der Waals surface area contributed by atoms with E-state index in [1.807, 2.05) is 6.07 Å². The Labute approximate surface area is 123 Å². The zero-order chi connectivity index (χ0) is 14.8. The van der Waals surface area contributed by atoms with Crippen molar-refractivity contribution in [2.45, 2.75) is 0 Å². The maximum atomic E-state index is 11.3. The van der Waals surface area contributed by atoms with Gasteiger partial charge in [-0.15, -0.1) is 11.3 Å². The lowest BCUT2D eigenvalue weighted by Crippen LogP contribution is -2.25. The summed E-state index contributed by atoms with van der Waals surface area (Å²) in [5.41, 5.74) is 1.48. The highest BCUT2D eigenvalue weighted by Crippen LogP contribution is 2.29. The number of carboxylic acids is 1. The van der Waals surface area contributed by atoms with Crippen molar-refractivity contribution in [3.63, 3.8) is 0 Å². The maximum absolute atomic E-state index is 11.3.